The summed E-state index contributed by atoms with van der Waals surface area (Å²) in [6.07, 6.45) is 5.00. The fourth-order valence-electron chi connectivity index (χ4n) is 4.78. The van der Waals surface area contributed by atoms with Crippen LogP contribution in [0.15, 0.2) is 42.5 Å². The Bertz CT molecular complexity index is 1030. The minimum atomic E-state index is -1.54. The number of ether oxygens (including phenoxy) is 2. The molecule has 0 bridgehead atoms. The van der Waals surface area contributed by atoms with E-state index in [1.807, 2.05) is 24.3 Å². The number of benzene rings is 2. The summed E-state index contributed by atoms with van der Waals surface area (Å²) in [6.45, 7) is 3.68. The van der Waals surface area contributed by atoms with Crippen LogP contribution < -0.4 is 0 Å². The molecule has 0 radical (unpaired) electrons. The van der Waals surface area contributed by atoms with Gasteiger partial charge in [0.15, 0.2) is 5.41 Å². The Morgan fingerprint density at radius 3 is 2.30 bits per heavy atom. The highest BCUT2D eigenvalue weighted by Gasteiger charge is 2.57. The summed E-state index contributed by atoms with van der Waals surface area (Å²) in [7, 11) is 0. The Kier molecular flexibility index (Phi) is 5.22. The van der Waals surface area contributed by atoms with Crippen molar-refractivity contribution in [2.75, 3.05) is 13.2 Å². The van der Waals surface area contributed by atoms with E-state index in [9.17, 15) is 14.4 Å². The summed E-state index contributed by atoms with van der Waals surface area (Å²) in [5.74, 6) is -1.42. The van der Waals surface area contributed by atoms with Crippen LogP contribution in [0.25, 0.3) is 16.8 Å². The van der Waals surface area contributed by atoms with Crippen molar-refractivity contribution in [3.8, 4) is 0 Å². The fraction of sp³-hybridized carbons (Fsp3) is 0.400. The lowest BCUT2D eigenvalue weighted by atomic mass is 9.59. The fourth-order valence-corrected chi connectivity index (χ4v) is 4.78. The predicted molar refractivity (Wildman–Crippen MR) is 114 cm³/mol. The van der Waals surface area contributed by atoms with E-state index in [-0.39, 0.29) is 31.8 Å². The Hall–Kier alpha value is -2.95. The highest BCUT2D eigenvalue weighted by Crippen LogP contribution is 2.50. The summed E-state index contributed by atoms with van der Waals surface area (Å²) in [5.41, 5.74) is 0.00404. The van der Waals surface area contributed by atoms with Crippen molar-refractivity contribution in [3.63, 3.8) is 0 Å². The van der Waals surface area contributed by atoms with Gasteiger partial charge in [-0.15, -0.1) is 0 Å². The van der Waals surface area contributed by atoms with Crippen molar-refractivity contribution >= 4 is 34.6 Å². The summed E-state index contributed by atoms with van der Waals surface area (Å²) in [6, 6.07) is 12.3. The number of esters is 2. The molecule has 0 aliphatic heterocycles. The molecule has 2 aliphatic carbocycles. The van der Waals surface area contributed by atoms with E-state index < -0.39 is 22.8 Å². The molecule has 0 saturated heterocycles. The molecule has 1 atom stereocenters. The van der Waals surface area contributed by atoms with Crippen LogP contribution in [0.2, 0.25) is 0 Å². The number of fused-ring (bicyclic) bond motifs is 3. The maximum absolute atomic E-state index is 13.5. The monoisotopic (exact) mass is 406 g/mol. The molecule has 0 amide bonds. The molecular weight excluding hydrogens is 380 g/mol. The molecule has 2 aromatic rings. The van der Waals surface area contributed by atoms with Crippen molar-refractivity contribution in [3.05, 3.63) is 53.6 Å². The molecule has 0 heterocycles. The number of ketones is 1. The number of hydrogen-bond donors (Lipinski definition) is 0. The molecule has 0 N–H and O–H groups in total. The van der Waals surface area contributed by atoms with Gasteiger partial charge in [0.05, 0.1) is 18.6 Å². The Morgan fingerprint density at radius 1 is 0.933 bits per heavy atom. The molecule has 30 heavy (non-hydrogen) atoms. The Labute approximate surface area is 176 Å². The van der Waals surface area contributed by atoms with Crippen molar-refractivity contribution in [1.29, 1.82) is 0 Å². The summed E-state index contributed by atoms with van der Waals surface area (Å²) < 4.78 is 10.4. The van der Waals surface area contributed by atoms with Crippen molar-refractivity contribution in [2.24, 2.45) is 10.8 Å². The van der Waals surface area contributed by atoms with Crippen LogP contribution in [0.5, 0.6) is 0 Å². The van der Waals surface area contributed by atoms with E-state index >= 15 is 0 Å². The van der Waals surface area contributed by atoms with Gasteiger partial charge in [-0.25, -0.2) is 0 Å². The maximum Gasteiger partial charge on any atom is 0.323 e. The van der Waals surface area contributed by atoms with Crippen LogP contribution in [0.1, 0.15) is 44.2 Å². The highest BCUT2D eigenvalue weighted by molar-refractivity contribution is 6.07. The zero-order valence-corrected chi connectivity index (χ0v) is 17.4. The van der Waals surface area contributed by atoms with Gasteiger partial charge >= 0.3 is 11.9 Å². The molecule has 1 fully saturated rings. The van der Waals surface area contributed by atoms with E-state index in [1.54, 1.807) is 13.8 Å². The summed E-state index contributed by atoms with van der Waals surface area (Å²) in [4.78, 5) is 38.9. The number of carbonyl (C=O) groups is 3. The maximum atomic E-state index is 13.5. The quantitative estimate of drug-likeness (QED) is 0.560. The molecule has 2 aromatic carbocycles. The van der Waals surface area contributed by atoms with Crippen molar-refractivity contribution in [1.82, 2.24) is 0 Å². The minimum Gasteiger partial charge on any atom is -0.465 e. The Morgan fingerprint density at radius 2 is 1.63 bits per heavy atom. The zero-order chi connectivity index (χ0) is 21.4. The van der Waals surface area contributed by atoms with Gasteiger partial charge in [-0.3, -0.25) is 14.4 Å². The second kappa shape index (κ2) is 7.71. The molecule has 156 valence electrons. The third kappa shape index (κ3) is 3.13. The highest BCUT2D eigenvalue weighted by atomic mass is 16.6. The molecule has 0 aromatic heterocycles. The molecule has 1 spiro atoms. The number of Topliss-reactive ketones (excluding diaryl/α,β-unsaturated/α-hetero) is 1. The van der Waals surface area contributed by atoms with Gasteiger partial charge in [0.25, 0.3) is 0 Å². The topological polar surface area (TPSA) is 69.7 Å². The number of carbonyl (C=O) groups excluding carboxylic acids is 3. The first kappa shape index (κ1) is 20.3. The van der Waals surface area contributed by atoms with Crippen molar-refractivity contribution in [2.45, 2.75) is 39.5 Å². The van der Waals surface area contributed by atoms with Gasteiger partial charge in [-0.05, 0) is 55.0 Å². The van der Waals surface area contributed by atoms with Gasteiger partial charge in [-0.2, -0.15) is 0 Å². The van der Waals surface area contributed by atoms with E-state index in [4.69, 9.17) is 9.47 Å². The lowest BCUT2D eigenvalue weighted by Gasteiger charge is -2.42. The van der Waals surface area contributed by atoms with Crippen LogP contribution in [0, 0.1) is 10.8 Å². The largest absolute Gasteiger partial charge is 0.465 e. The first-order chi connectivity index (χ1) is 14.5. The van der Waals surface area contributed by atoms with Crippen molar-refractivity contribution < 1.29 is 23.9 Å². The SMILES string of the molecule is CCOC(=O)C1(C(=O)OCC)CCC2(C=Cc3ccc4ccccc4c3C2)C(=O)C1. The number of hydrogen-bond acceptors (Lipinski definition) is 5. The van der Waals surface area contributed by atoms with E-state index in [0.29, 0.717) is 12.8 Å². The zero-order valence-electron chi connectivity index (χ0n) is 17.4. The number of allylic oxidation sites excluding steroid dienone is 1. The van der Waals surface area contributed by atoms with Crippen LogP contribution in [-0.2, 0) is 30.3 Å². The van der Waals surface area contributed by atoms with Crippen LogP contribution in [-0.4, -0.2) is 30.9 Å². The van der Waals surface area contributed by atoms with Gasteiger partial charge in [0, 0.05) is 6.42 Å². The van der Waals surface area contributed by atoms with Crippen LogP contribution in [0.3, 0.4) is 0 Å². The normalized spacial score (nSPS) is 22.0. The number of rotatable bonds is 4. The molecule has 5 nitrogen and oxygen atoms in total. The summed E-state index contributed by atoms with van der Waals surface area (Å²) >= 11 is 0. The average Bonchev–Trinajstić information content (AvgIpc) is 2.76. The lowest BCUT2D eigenvalue weighted by Crippen LogP contribution is -2.51. The third-order valence-electron chi connectivity index (χ3n) is 6.50. The standard InChI is InChI=1S/C25H26O5/c1-3-29-22(27)25(23(28)30-4-2)14-13-24(21(26)16-25)12-11-18-10-9-17-7-5-6-8-19(17)20(18)15-24/h5-12H,3-4,13-16H2,1-2H3. The lowest BCUT2D eigenvalue weighted by molar-refractivity contribution is -0.178. The molecule has 4 rings (SSSR count). The van der Waals surface area contributed by atoms with E-state index in [1.165, 1.54) is 0 Å². The predicted octanol–water partition coefficient (Wildman–Crippen LogP) is 4.26. The second-order valence-electron chi connectivity index (χ2n) is 8.14. The third-order valence-corrected chi connectivity index (χ3v) is 6.50. The van der Waals surface area contributed by atoms with Gasteiger partial charge in [0.2, 0.25) is 0 Å². The van der Waals surface area contributed by atoms with Crippen LogP contribution in [0.4, 0.5) is 0 Å². The summed E-state index contributed by atoms with van der Waals surface area (Å²) in [5, 5.41) is 2.27. The molecule has 2 aliphatic rings. The van der Waals surface area contributed by atoms with E-state index in [2.05, 4.69) is 24.3 Å². The van der Waals surface area contributed by atoms with Gasteiger partial charge in [-0.1, -0.05) is 48.6 Å². The van der Waals surface area contributed by atoms with Gasteiger partial charge in [0.1, 0.15) is 5.78 Å². The van der Waals surface area contributed by atoms with E-state index in [0.717, 1.165) is 21.9 Å². The first-order valence-corrected chi connectivity index (χ1v) is 10.5. The second-order valence-corrected chi connectivity index (χ2v) is 8.14. The molecular formula is C25H26O5. The molecule has 1 saturated carbocycles. The molecule has 5 heteroatoms. The molecule has 1 unspecified atom stereocenters. The Balaban J connectivity index is 1.69. The van der Waals surface area contributed by atoms with Crippen LogP contribution >= 0.6 is 0 Å². The average molecular weight is 406 g/mol. The minimum absolute atomic E-state index is 0.107. The van der Waals surface area contributed by atoms with Gasteiger partial charge < -0.3 is 9.47 Å². The smallest absolute Gasteiger partial charge is 0.323 e. The first-order valence-electron chi connectivity index (χ1n) is 10.5.